The zero-order valence-corrected chi connectivity index (χ0v) is 19.6. The van der Waals surface area contributed by atoms with E-state index in [0.29, 0.717) is 12.0 Å². The molecule has 2 fully saturated rings. The molecular formula is C22H37N5O2S. The minimum atomic E-state index is -0.437. The van der Waals surface area contributed by atoms with Crippen LogP contribution in [0.1, 0.15) is 46.5 Å². The first-order valence-electron chi connectivity index (χ1n) is 11.1. The second-order valence-electron chi connectivity index (χ2n) is 9.22. The van der Waals surface area contributed by atoms with Gasteiger partial charge in [0.15, 0.2) is 5.96 Å². The summed E-state index contributed by atoms with van der Waals surface area (Å²) in [6.45, 7) is 10.3. The van der Waals surface area contributed by atoms with E-state index in [9.17, 15) is 4.79 Å². The summed E-state index contributed by atoms with van der Waals surface area (Å²) < 4.78 is 5.48. The number of carbonyl (C=O) groups is 1. The quantitative estimate of drug-likeness (QED) is 0.559. The van der Waals surface area contributed by atoms with Gasteiger partial charge in [0.25, 0.3) is 0 Å². The lowest BCUT2D eigenvalue weighted by Gasteiger charge is -2.35. The molecule has 0 spiro atoms. The van der Waals surface area contributed by atoms with Gasteiger partial charge in [0.2, 0.25) is 0 Å². The molecule has 0 atom stereocenters. The smallest absolute Gasteiger partial charge is 0.410 e. The molecule has 2 N–H and O–H groups in total. The highest BCUT2D eigenvalue weighted by Crippen LogP contribution is 2.25. The number of likely N-dealkylation sites (tertiary alicyclic amines) is 1. The highest BCUT2D eigenvalue weighted by Gasteiger charge is 2.27. The monoisotopic (exact) mass is 435 g/mol. The van der Waals surface area contributed by atoms with Gasteiger partial charge in [-0.05, 0) is 69.9 Å². The zero-order valence-electron chi connectivity index (χ0n) is 18.8. The third kappa shape index (κ3) is 6.79. The second-order valence-corrected chi connectivity index (χ2v) is 10.1. The molecule has 0 radical (unpaired) electrons. The number of hydrogen-bond acceptors (Lipinski definition) is 5. The van der Waals surface area contributed by atoms with Gasteiger partial charge in [-0.15, -0.1) is 11.3 Å². The zero-order chi connectivity index (χ0) is 21.6. The first kappa shape index (κ1) is 22.7. The Morgan fingerprint density at radius 2 is 1.90 bits per heavy atom. The van der Waals surface area contributed by atoms with Crippen molar-refractivity contribution in [2.75, 3.05) is 44.7 Å². The highest BCUT2D eigenvalue weighted by atomic mass is 32.1. The van der Waals surface area contributed by atoms with Crippen LogP contribution in [-0.4, -0.2) is 68.4 Å². The third-order valence-electron chi connectivity index (χ3n) is 5.70. The van der Waals surface area contributed by atoms with Crippen molar-refractivity contribution in [3.05, 3.63) is 17.5 Å². The number of carbonyl (C=O) groups excluding carboxylic acids is 1. The Morgan fingerprint density at radius 1 is 1.20 bits per heavy atom. The highest BCUT2D eigenvalue weighted by molar-refractivity contribution is 7.14. The van der Waals surface area contributed by atoms with Crippen molar-refractivity contribution >= 4 is 28.4 Å². The topological polar surface area (TPSA) is 69.2 Å². The van der Waals surface area contributed by atoms with Crippen molar-refractivity contribution in [2.24, 2.45) is 10.9 Å². The number of nitrogens with zero attached hydrogens (tertiary/aromatic N) is 3. The Hall–Kier alpha value is -1.96. The van der Waals surface area contributed by atoms with Crippen molar-refractivity contribution < 1.29 is 9.53 Å². The number of rotatable bonds is 4. The van der Waals surface area contributed by atoms with E-state index in [1.54, 1.807) is 0 Å². The van der Waals surface area contributed by atoms with Crippen LogP contribution >= 0.6 is 11.3 Å². The lowest BCUT2D eigenvalue weighted by Crippen LogP contribution is -2.50. The number of thiophene rings is 1. The molecule has 8 heteroatoms. The van der Waals surface area contributed by atoms with Crippen molar-refractivity contribution in [2.45, 2.75) is 58.1 Å². The molecule has 3 rings (SSSR count). The van der Waals surface area contributed by atoms with E-state index >= 15 is 0 Å². The van der Waals surface area contributed by atoms with E-state index in [-0.39, 0.29) is 6.09 Å². The number of anilines is 1. The second kappa shape index (κ2) is 10.4. The van der Waals surface area contributed by atoms with Gasteiger partial charge in [-0.3, -0.25) is 4.99 Å². The van der Waals surface area contributed by atoms with E-state index in [2.05, 4.69) is 38.0 Å². The van der Waals surface area contributed by atoms with Gasteiger partial charge in [0, 0.05) is 45.8 Å². The summed E-state index contributed by atoms with van der Waals surface area (Å²) in [4.78, 5) is 20.9. The normalized spacial score (nSPS) is 19.7. The molecule has 0 saturated carbocycles. The average molecular weight is 436 g/mol. The van der Waals surface area contributed by atoms with Crippen LogP contribution < -0.4 is 15.5 Å². The van der Waals surface area contributed by atoms with Crippen LogP contribution in [-0.2, 0) is 4.74 Å². The maximum absolute atomic E-state index is 12.2. The van der Waals surface area contributed by atoms with Gasteiger partial charge < -0.3 is 25.2 Å². The lowest BCUT2D eigenvalue weighted by molar-refractivity contribution is 0.0185. The van der Waals surface area contributed by atoms with Gasteiger partial charge in [-0.1, -0.05) is 0 Å². The molecule has 2 saturated heterocycles. The molecule has 30 heavy (non-hydrogen) atoms. The first-order chi connectivity index (χ1) is 14.3. The molecule has 1 aromatic heterocycles. The number of piperidine rings is 2. The van der Waals surface area contributed by atoms with Crippen LogP contribution in [0.2, 0.25) is 0 Å². The lowest BCUT2D eigenvalue weighted by atomic mass is 9.97. The van der Waals surface area contributed by atoms with Crippen LogP contribution in [0.5, 0.6) is 0 Å². The van der Waals surface area contributed by atoms with E-state index in [1.807, 2.05) is 44.1 Å². The predicted molar refractivity (Wildman–Crippen MR) is 125 cm³/mol. The van der Waals surface area contributed by atoms with Crippen LogP contribution in [0.25, 0.3) is 0 Å². The molecule has 0 bridgehead atoms. The Labute approximate surface area is 184 Å². The molecule has 168 valence electrons. The molecule has 3 heterocycles. The third-order valence-corrected chi connectivity index (χ3v) is 6.63. The maximum atomic E-state index is 12.2. The average Bonchev–Trinajstić information content (AvgIpc) is 3.25. The van der Waals surface area contributed by atoms with Crippen molar-refractivity contribution in [1.29, 1.82) is 0 Å². The van der Waals surface area contributed by atoms with Crippen molar-refractivity contribution in [3.8, 4) is 0 Å². The Bertz CT molecular complexity index is 685. The maximum Gasteiger partial charge on any atom is 0.410 e. The fourth-order valence-corrected chi connectivity index (χ4v) is 4.75. The number of amides is 1. The van der Waals surface area contributed by atoms with Crippen LogP contribution in [0.3, 0.4) is 0 Å². The summed E-state index contributed by atoms with van der Waals surface area (Å²) in [6.07, 6.45) is 4.02. The number of guanidine groups is 1. The van der Waals surface area contributed by atoms with E-state index in [0.717, 1.165) is 64.4 Å². The minimum absolute atomic E-state index is 0.194. The van der Waals surface area contributed by atoms with E-state index in [1.165, 1.54) is 5.00 Å². The van der Waals surface area contributed by atoms with Crippen molar-refractivity contribution in [1.82, 2.24) is 15.5 Å². The minimum Gasteiger partial charge on any atom is -0.444 e. The number of nitrogens with one attached hydrogen (secondary N) is 2. The van der Waals surface area contributed by atoms with Crippen LogP contribution in [0, 0.1) is 5.92 Å². The summed E-state index contributed by atoms with van der Waals surface area (Å²) in [5, 5.41) is 10.6. The van der Waals surface area contributed by atoms with Crippen LogP contribution in [0.4, 0.5) is 9.80 Å². The summed E-state index contributed by atoms with van der Waals surface area (Å²) in [7, 11) is 1.83. The van der Waals surface area contributed by atoms with E-state index in [4.69, 9.17) is 4.74 Å². The molecule has 0 aromatic carbocycles. The molecule has 2 aliphatic heterocycles. The summed E-state index contributed by atoms with van der Waals surface area (Å²) in [6, 6.07) is 4.78. The van der Waals surface area contributed by atoms with Gasteiger partial charge in [0.1, 0.15) is 5.60 Å². The Kier molecular flexibility index (Phi) is 7.86. The molecular weight excluding hydrogens is 398 g/mol. The van der Waals surface area contributed by atoms with Gasteiger partial charge in [0.05, 0.1) is 5.00 Å². The summed E-state index contributed by atoms with van der Waals surface area (Å²) >= 11 is 1.81. The Morgan fingerprint density at radius 3 is 2.47 bits per heavy atom. The summed E-state index contributed by atoms with van der Waals surface area (Å²) in [5.74, 6) is 1.43. The summed E-state index contributed by atoms with van der Waals surface area (Å²) in [5.41, 5.74) is -0.437. The number of aliphatic imine (C=N–C) groups is 1. The number of hydrogen-bond donors (Lipinski definition) is 2. The molecule has 2 aliphatic rings. The first-order valence-corrected chi connectivity index (χ1v) is 12.0. The fourth-order valence-electron chi connectivity index (χ4n) is 3.97. The standard InChI is InChI=1S/C22H37N5O2S/c1-22(2,3)29-21(28)27-11-7-17(8-12-27)16-24-20(23-4)25-18-9-13-26(14-10-18)19-6-5-15-30-19/h5-6,15,17-18H,7-14,16H2,1-4H3,(H2,23,24,25). The van der Waals surface area contributed by atoms with Crippen molar-refractivity contribution in [3.63, 3.8) is 0 Å². The largest absolute Gasteiger partial charge is 0.444 e. The Balaban J connectivity index is 1.35. The fraction of sp³-hybridized carbons (Fsp3) is 0.727. The molecule has 7 nitrogen and oxygen atoms in total. The molecule has 1 amide bonds. The SMILES string of the molecule is CN=C(NCC1CCN(C(=O)OC(C)(C)C)CC1)NC1CCN(c2cccs2)CC1. The van der Waals surface area contributed by atoms with E-state index < -0.39 is 5.60 Å². The predicted octanol–water partition coefficient (Wildman–Crippen LogP) is 3.53. The molecule has 0 aliphatic carbocycles. The van der Waals surface area contributed by atoms with Gasteiger partial charge in [-0.25, -0.2) is 4.79 Å². The number of ether oxygens (including phenoxy) is 1. The molecule has 0 unspecified atom stereocenters. The van der Waals surface area contributed by atoms with Gasteiger partial charge in [-0.2, -0.15) is 0 Å². The van der Waals surface area contributed by atoms with Crippen LogP contribution in [0.15, 0.2) is 22.5 Å². The van der Waals surface area contributed by atoms with Gasteiger partial charge >= 0.3 is 6.09 Å². The molecule has 1 aromatic rings.